The third-order valence-corrected chi connectivity index (χ3v) is 8.04. The molecule has 1 radical (unpaired) electrons. The van der Waals surface area contributed by atoms with Gasteiger partial charge in [0.25, 0.3) is 0 Å². The molecule has 0 spiro atoms. The van der Waals surface area contributed by atoms with E-state index < -0.39 is 29.8 Å². The second kappa shape index (κ2) is 6.03. The fraction of sp³-hybridized carbons (Fsp3) is 0. The van der Waals surface area contributed by atoms with E-state index in [9.17, 15) is 16.8 Å². The molecule has 0 bridgehead atoms. The summed E-state index contributed by atoms with van der Waals surface area (Å²) in [6.45, 7) is 0. The standard InChI is InChI=1S/Cu.Ga.H2O6S2Se.3H/c;;1-7(2,3)9-8(4,5)6;;;/h;;(H,1,2,3)(H,4,5,6);;;. The Labute approximate surface area is 91.8 Å². The Balaban J connectivity index is -0.000000320. The molecule has 0 amide bonds. The summed E-state index contributed by atoms with van der Waals surface area (Å²) in [6.07, 6.45) is 0. The van der Waals surface area contributed by atoms with Gasteiger partial charge in [-0.2, -0.15) is 0 Å². The average Bonchev–Trinajstić information content (AvgIpc) is 1.14. The Morgan fingerprint density at radius 2 is 1.09 bits per heavy atom. The summed E-state index contributed by atoms with van der Waals surface area (Å²) in [6, 6.07) is 0. The molecule has 73 valence electrons. The molecule has 0 saturated heterocycles. The van der Waals surface area contributed by atoms with Gasteiger partial charge >= 0.3 is 75.5 Å². The van der Waals surface area contributed by atoms with Gasteiger partial charge in [0.1, 0.15) is 0 Å². The molecule has 0 aromatic rings. The third-order valence-electron chi connectivity index (χ3n) is 0.172. The van der Waals surface area contributed by atoms with Gasteiger partial charge in [-0.15, -0.1) is 0 Å². The first-order valence-corrected chi connectivity index (χ1v) is 8.29. The van der Waals surface area contributed by atoms with E-state index in [1.165, 1.54) is 0 Å². The van der Waals surface area contributed by atoms with Crippen LogP contribution < -0.4 is 0 Å². The van der Waals surface area contributed by atoms with Gasteiger partial charge in [-0.25, -0.2) is 0 Å². The molecule has 0 rings (SSSR count). The minimum atomic E-state index is -4.56. The fourth-order valence-corrected chi connectivity index (χ4v) is 5.08. The van der Waals surface area contributed by atoms with Gasteiger partial charge in [0.05, 0.1) is 0 Å². The Hall–Kier alpha value is 1.50. The number of rotatable bonds is 2. The van der Waals surface area contributed by atoms with Crippen molar-refractivity contribution in [2.75, 3.05) is 0 Å². The average molecular weight is 377 g/mol. The van der Waals surface area contributed by atoms with Crippen LogP contribution in [0.15, 0.2) is 0 Å². The molecular weight excluding hydrogens is 372 g/mol. The molecule has 0 unspecified atom stereocenters. The van der Waals surface area contributed by atoms with E-state index in [-0.39, 0.29) is 36.9 Å². The van der Waals surface area contributed by atoms with E-state index in [1.54, 1.807) is 0 Å². The molecule has 0 aromatic heterocycles. The molecule has 11 heavy (non-hydrogen) atoms. The van der Waals surface area contributed by atoms with Crippen LogP contribution in [-0.4, -0.2) is 58.4 Å². The van der Waals surface area contributed by atoms with Gasteiger partial charge in [0.15, 0.2) is 0 Å². The SMILES string of the molecule is O=S(=O)(O)[Se]S(=O)(=O)O.[Cu].[GaH3]. The topological polar surface area (TPSA) is 109 Å². The van der Waals surface area contributed by atoms with Crippen LogP contribution in [0.5, 0.6) is 0 Å². The van der Waals surface area contributed by atoms with Crippen LogP contribution >= 0.6 is 0 Å². The van der Waals surface area contributed by atoms with Gasteiger partial charge in [0.2, 0.25) is 0 Å². The summed E-state index contributed by atoms with van der Waals surface area (Å²) in [5.41, 5.74) is 0. The molecule has 2 N–H and O–H groups in total. The fourth-order valence-electron chi connectivity index (χ4n) is 0.109. The van der Waals surface area contributed by atoms with Crippen molar-refractivity contribution in [1.82, 2.24) is 0 Å². The normalized spacial score (nSPS) is 11.1. The molecule has 11 heteroatoms. The number of hydrogen-bond donors (Lipinski definition) is 2. The third kappa shape index (κ3) is 18.4. The molecule has 0 fully saturated rings. The monoisotopic (exact) mass is 377 g/mol. The van der Waals surface area contributed by atoms with Crippen LogP contribution in [0.3, 0.4) is 0 Å². The molecule has 0 atom stereocenters. The first-order valence-electron chi connectivity index (χ1n) is 1.37. The summed E-state index contributed by atoms with van der Waals surface area (Å²) in [5.74, 6) is 0. The first kappa shape index (κ1) is 18.3. The summed E-state index contributed by atoms with van der Waals surface area (Å²) in [7, 11) is -9.11. The van der Waals surface area contributed by atoms with Crippen molar-refractivity contribution in [3.05, 3.63) is 0 Å². The van der Waals surface area contributed by atoms with Gasteiger partial charge in [-0.3, -0.25) is 0 Å². The van der Waals surface area contributed by atoms with Crippen molar-refractivity contribution >= 4 is 49.6 Å². The summed E-state index contributed by atoms with van der Waals surface area (Å²) >= 11 is -2.19. The van der Waals surface area contributed by atoms with Crippen LogP contribution in [0, 0.1) is 0 Å². The van der Waals surface area contributed by atoms with Crippen LogP contribution in [0.25, 0.3) is 0 Å². The Morgan fingerprint density at radius 3 is 1.09 bits per heavy atom. The minimum absolute atomic E-state index is 0. The Morgan fingerprint density at radius 1 is 0.909 bits per heavy atom. The van der Waals surface area contributed by atoms with Crippen molar-refractivity contribution in [2.45, 2.75) is 0 Å². The second-order valence-corrected chi connectivity index (χ2v) is 11.1. The first-order chi connectivity index (χ1) is 3.71. The molecule has 0 aliphatic rings. The van der Waals surface area contributed by atoms with E-state index in [0.717, 1.165) is 0 Å². The van der Waals surface area contributed by atoms with Crippen LogP contribution in [-0.2, 0) is 34.1 Å². The molecule has 0 aromatic carbocycles. The zero-order chi connectivity index (χ0) is 7.71. The van der Waals surface area contributed by atoms with Gasteiger partial charge in [-0.1, -0.05) is 0 Å². The quantitative estimate of drug-likeness (QED) is 0.395. The van der Waals surface area contributed by atoms with Crippen LogP contribution in [0.1, 0.15) is 0 Å². The molecule has 0 saturated carbocycles. The van der Waals surface area contributed by atoms with Crippen LogP contribution in [0.4, 0.5) is 0 Å². The van der Waals surface area contributed by atoms with Gasteiger partial charge < -0.3 is 0 Å². The Kier molecular flexibility index (Phi) is 10.0. The van der Waals surface area contributed by atoms with Crippen molar-refractivity contribution < 1.29 is 43.0 Å². The van der Waals surface area contributed by atoms with E-state index in [1.807, 2.05) is 0 Å². The second-order valence-electron chi connectivity index (χ2n) is 0.924. The molecular formula is H5CuGaO6S2Se. The summed E-state index contributed by atoms with van der Waals surface area (Å²) < 4.78 is 54.4. The molecule has 0 aliphatic heterocycles. The van der Waals surface area contributed by atoms with E-state index in [0.29, 0.717) is 0 Å². The maximum absolute atomic E-state index is 9.69. The summed E-state index contributed by atoms with van der Waals surface area (Å²) in [5, 5.41) is 0. The van der Waals surface area contributed by atoms with Crippen molar-refractivity contribution in [1.29, 1.82) is 0 Å². The predicted molar refractivity (Wildman–Crippen MR) is 38.8 cm³/mol. The predicted octanol–water partition coefficient (Wildman–Crippen LogP) is -2.89. The molecule has 0 heterocycles. The maximum atomic E-state index is 9.69. The van der Waals surface area contributed by atoms with Gasteiger partial charge in [-0.05, 0) is 0 Å². The molecule has 6 nitrogen and oxygen atoms in total. The van der Waals surface area contributed by atoms with Crippen LogP contribution in [0.2, 0.25) is 0 Å². The van der Waals surface area contributed by atoms with E-state index >= 15 is 0 Å². The molecule has 0 aliphatic carbocycles. The zero-order valence-electron chi connectivity index (χ0n) is 4.05. The van der Waals surface area contributed by atoms with E-state index in [2.05, 4.69) is 0 Å². The number of hydrogen-bond acceptors (Lipinski definition) is 4. The van der Waals surface area contributed by atoms with Gasteiger partial charge in [0, 0.05) is 17.1 Å². The van der Waals surface area contributed by atoms with Crippen molar-refractivity contribution in [3.8, 4) is 0 Å². The Bertz CT molecular complexity index is 246. The van der Waals surface area contributed by atoms with Crippen molar-refractivity contribution in [2.24, 2.45) is 0 Å². The van der Waals surface area contributed by atoms with E-state index in [4.69, 9.17) is 9.11 Å². The zero-order valence-corrected chi connectivity index (χ0v) is 8.34. The van der Waals surface area contributed by atoms with Crippen molar-refractivity contribution in [3.63, 3.8) is 0 Å². The summed E-state index contributed by atoms with van der Waals surface area (Å²) in [4.78, 5) is 0.